The van der Waals surface area contributed by atoms with E-state index < -0.39 is 46.4 Å². The molecule has 0 aliphatic carbocycles. The summed E-state index contributed by atoms with van der Waals surface area (Å²) in [5.74, 6) is -2.30. The van der Waals surface area contributed by atoms with Gasteiger partial charge in [-0.25, -0.2) is 9.59 Å². The summed E-state index contributed by atoms with van der Waals surface area (Å²) in [7, 11) is 5.11. The van der Waals surface area contributed by atoms with Crippen LogP contribution in [0.25, 0.3) is 0 Å². The predicted octanol–water partition coefficient (Wildman–Crippen LogP) is 2.15. The van der Waals surface area contributed by atoms with Gasteiger partial charge >= 0.3 is 24.1 Å². The third-order valence-corrected chi connectivity index (χ3v) is 7.35. The molecular weight excluding hydrogens is 540 g/mol. The first-order valence-corrected chi connectivity index (χ1v) is 13.9. The number of carbonyl (C=O) groups excluding carboxylic acids is 4. The van der Waals surface area contributed by atoms with Crippen molar-refractivity contribution in [3.05, 3.63) is 0 Å². The lowest BCUT2D eigenvalue weighted by atomic mass is 9.64. The molecule has 1 rings (SSSR count). The number of hydrogen-bond donors (Lipinski definition) is 2. The van der Waals surface area contributed by atoms with Gasteiger partial charge in [-0.3, -0.25) is 14.4 Å². The summed E-state index contributed by atoms with van der Waals surface area (Å²) in [6.45, 7) is 9.48. The Labute approximate surface area is 242 Å². The van der Waals surface area contributed by atoms with Crippen LogP contribution in [-0.4, -0.2) is 113 Å². The van der Waals surface area contributed by atoms with E-state index in [9.17, 15) is 24.0 Å². The zero-order valence-corrected chi connectivity index (χ0v) is 25.8. The van der Waals surface area contributed by atoms with Gasteiger partial charge in [-0.05, 0) is 40.0 Å². The number of aliphatic carboxylic acids is 1. The van der Waals surface area contributed by atoms with Crippen molar-refractivity contribution in [2.45, 2.75) is 66.4 Å². The summed E-state index contributed by atoms with van der Waals surface area (Å²) < 4.78 is 25.8. The molecule has 0 aromatic heterocycles. The number of rotatable bonds is 19. The highest BCUT2D eigenvalue weighted by atomic mass is 16.8. The SMILES string of the molecule is CCC(C)(CC(C)(CC(C)(C)C(=O)OCC1COC(=O)O1)C(=O)OCCOC)C(=O)NCCC[N+](C)(C)CC(=O)O. The highest BCUT2D eigenvalue weighted by molar-refractivity contribution is 5.85. The van der Waals surface area contributed by atoms with Crippen LogP contribution < -0.4 is 5.32 Å². The summed E-state index contributed by atoms with van der Waals surface area (Å²) >= 11 is 0. The van der Waals surface area contributed by atoms with Gasteiger partial charge in [0.1, 0.15) is 19.8 Å². The number of carboxylic acids is 1. The lowest BCUT2D eigenvalue weighted by Gasteiger charge is -2.40. The normalized spacial score (nSPS) is 18.3. The topological polar surface area (TPSA) is 164 Å². The van der Waals surface area contributed by atoms with Crippen LogP contribution in [0, 0.1) is 16.2 Å². The number of likely N-dealkylation sites (N-methyl/N-ethyl adjacent to an activating group) is 1. The van der Waals surface area contributed by atoms with Crippen molar-refractivity contribution < 1.29 is 57.2 Å². The molecule has 1 saturated heterocycles. The fraction of sp³-hybridized carbons (Fsp3) is 0.821. The molecule has 13 nitrogen and oxygen atoms in total. The molecule has 0 aromatic rings. The number of amides is 1. The molecule has 3 unspecified atom stereocenters. The second-order valence-corrected chi connectivity index (χ2v) is 12.6. The number of carboxylic acid groups (broad SMARTS) is 1. The maximum Gasteiger partial charge on any atom is 0.508 e. The van der Waals surface area contributed by atoms with E-state index in [1.54, 1.807) is 27.7 Å². The minimum Gasteiger partial charge on any atom is -0.477 e. The van der Waals surface area contributed by atoms with Gasteiger partial charge < -0.3 is 38.6 Å². The molecule has 13 heteroatoms. The number of cyclic esters (lactones) is 2. The minimum atomic E-state index is -1.25. The maximum absolute atomic E-state index is 13.4. The Bertz CT molecular complexity index is 936. The van der Waals surface area contributed by atoms with E-state index in [4.69, 9.17) is 28.8 Å². The highest BCUT2D eigenvalue weighted by Crippen LogP contribution is 2.45. The van der Waals surface area contributed by atoms with Crippen LogP contribution in [-0.2, 0) is 42.9 Å². The first-order chi connectivity index (χ1) is 18.9. The largest absolute Gasteiger partial charge is 0.508 e. The number of nitrogens with zero attached hydrogens (tertiary/aromatic N) is 1. The van der Waals surface area contributed by atoms with E-state index >= 15 is 0 Å². The number of carbonyl (C=O) groups is 5. The molecular formula is C28H49N2O11+. The van der Waals surface area contributed by atoms with Crippen molar-refractivity contribution in [3.63, 3.8) is 0 Å². The van der Waals surface area contributed by atoms with Gasteiger partial charge in [0, 0.05) is 25.5 Å². The number of esters is 2. The van der Waals surface area contributed by atoms with E-state index in [0.29, 0.717) is 25.9 Å². The summed E-state index contributed by atoms with van der Waals surface area (Å²) in [6, 6.07) is 0. The predicted molar refractivity (Wildman–Crippen MR) is 147 cm³/mol. The number of nitrogens with one attached hydrogen (secondary N) is 1. The molecule has 0 radical (unpaired) electrons. The van der Waals surface area contributed by atoms with Crippen molar-refractivity contribution in [3.8, 4) is 0 Å². The molecule has 1 amide bonds. The van der Waals surface area contributed by atoms with E-state index in [2.05, 4.69) is 5.32 Å². The first-order valence-electron chi connectivity index (χ1n) is 13.9. The second kappa shape index (κ2) is 15.3. The fourth-order valence-corrected chi connectivity index (χ4v) is 5.05. The first kappa shape index (κ1) is 36.1. The maximum atomic E-state index is 13.4. The van der Waals surface area contributed by atoms with Crippen LogP contribution >= 0.6 is 0 Å². The third-order valence-electron chi connectivity index (χ3n) is 7.35. The van der Waals surface area contributed by atoms with E-state index in [-0.39, 0.29) is 56.2 Å². The van der Waals surface area contributed by atoms with Gasteiger partial charge in [-0.2, -0.15) is 0 Å². The summed E-state index contributed by atoms with van der Waals surface area (Å²) in [5, 5.41) is 12.0. The van der Waals surface area contributed by atoms with Crippen molar-refractivity contribution >= 4 is 30.0 Å². The van der Waals surface area contributed by atoms with E-state index in [1.165, 1.54) is 7.11 Å². The molecule has 1 heterocycles. The number of ether oxygens (including phenoxy) is 5. The molecule has 2 N–H and O–H groups in total. The Morgan fingerprint density at radius 2 is 1.68 bits per heavy atom. The third kappa shape index (κ3) is 11.8. The molecule has 0 saturated carbocycles. The summed E-state index contributed by atoms with van der Waals surface area (Å²) in [6.07, 6.45) is -0.416. The molecule has 0 aromatic carbocycles. The van der Waals surface area contributed by atoms with Crippen LogP contribution in [0.2, 0.25) is 0 Å². The second-order valence-electron chi connectivity index (χ2n) is 12.6. The Balaban J connectivity index is 3.00. The minimum absolute atomic E-state index is 0.0161. The van der Waals surface area contributed by atoms with Crippen LogP contribution in [0.4, 0.5) is 4.79 Å². The van der Waals surface area contributed by atoms with Gasteiger partial charge in [0.2, 0.25) is 5.91 Å². The lowest BCUT2D eigenvalue weighted by Crippen LogP contribution is -2.48. The standard InChI is InChI=1S/C28H48N2O11/c1-9-27(4,22(33)29-11-10-12-30(6,7)15-21(31)32)19-28(5,24(35)38-14-13-37-8)18-26(2,3)23(34)39-16-20-17-40-25(36)41-20/h20H,9-19H2,1-8H3,(H-,29,31,32,33)/p+1. The van der Waals surface area contributed by atoms with Crippen molar-refractivity contribution in [2.75, 3.05) is 67.3 Å². The van der Waals surface area contributed by atoms with Gasteiger partial charge in [-0.15, -0.1) is 0 Å². The van der Waals surface area contributed by atoms with Crippen molar-refractivity contribution in [1.82, 2.24) is 5.32 Å². The number of quaternary nitrogens is 1. The van der Waals surface area contributed by atoms with Crippen LogP contribution in [0.15, 0.2) is 0 Å². The molecule has 236 valence electrons. The summed E-state index contributed by atoms with van der Waals surface area (Å²) in [5.41, 5.74) is -3.38. The lowest BCUT2D eigenvalue weighted by molar-refractivity contribution is -0.883. The monoisotopic (exact) mass is 589 g/mol. The Hall–Kier alpha value is -2.93. The van der Waals surface area contributed by atoms with Gasteiger partial charge in [0.15, 0.2) is 12.6 Å². The van der Waals surface area contributed by atoms with E-state index in [1.807, 2.05) is 21.0 Å². The van der Waals surface area contributed by atoms with E-state index in [0.717, 1.165) is 0 Å². The molecule has 1 fully saturated rings. The van der Waals surface area contributed by atoms with Crippen molar-refractivity contribution in [1.29, 1.82) is 0 Å². The van der Waals surface area contributed by atoms with Gasteiger partial charge in [-0.1, -0.05) is 13.8 Å². The average Bonchev–Trinajstić information content (AvgIpc) is 3.28. The molecule has 0 bridgehead atoms. The van der Waals surface area contributed by atoms with Crippen LogP contribution in [0.1, 0.15) is 60.3 Å². The Morgan fingerprint density at radius 1 is 1.02 bits per heavy atom. The van der Waals surface area contributed by atoms with Gasteiger partial charge in [0.25, 0.3) is 0 Å². The molecule has 41 heavy (non-hydrogen) atoms. The smallest absolute Gasteiger partial charge is 0.477 e. The Kier molecular flexibility index (Phi) is 13.5. The van der Waals surface area contributed by atoms with Crippen molar-refractivity contribution in [2.24, 2.45) is 16.2 Å². The quantitative estimate of drug-likeness (QED) is 0.0982. The number of methoxy groups -OCH3 is 1. The summed E-state index contributed by atoms with van der Waals surface area (Å²) in [4.78, 5) is 62.1. The molecule has 3 atom stereocenters. The highest BCUT2D eigenvalue weighted by Gasteiger charge is 2.49. The average molecular weight is 590 g/mol. The zero-order valence-electron chi connectivity index (χ0n) is 25.8. The molecule has 1 aliphatic heterocycles. The molecule has 0 spiro atoms. The zero-order chi connectivity index (χ0) is 31.5. The fourth-order valence-electron chi connectivity index (χ4n) is 5.05. The van der Waals surface area contributed by atoms with Gasteiger partial charge in [0.05, 0.1) is 38.1 Å². The van der Waals surface area contributed by atoms with Crippen LogP contribution in [0.5, 0.6) is 0 Å². The van der Waals surface area contributed by atoms with Crippen LogP contribution in [0.3, 0.4) is 0 Å². The number of hydrogen-bond acceptors (Lipinski definition) is 10. The molecule has 1 aliphatic rings. The Morgan fingerprint density at radius 3 is 2.22 bits per heavy atom.